The maximum Gasteiger partial charge on any atom is 0.0439 e. The second-order valence-electron chi connectivity index (χ2n) is 3.78. The van der Waals surface area contributed by atoms with Gasteiger partial charge in [0.05, 0.1) is 0 Å². The molecular weight excluding hydrogens is 220 g/mol. The fourth-order valence-electron chi connectivity index (χ4n) is 2.25. The molecule has 1 aliphatic carbocycles. The molecule has 2 aromatic rings. The highest BCUT2D eigenvalue weighted by Gasteiger charge is 2.15. The van der Waals surface area contributed by atoms with Crippen molar-refractivity contribution in [2.45, 2.75) is 4.90 Å². The number of fused-ring (bicyclic) bond motifs is 4. The average Bonchev–Trinajstić information content (AvgIpc) is 2.87. The molecule has 0 radical (unpaired) electrons. The fourth-order valence-corrected chi connectivity index (χ4v) is 4.83. The summed E-state index contributed by atoms with van der Waals surface area (Å²) in [5.74, 6) is 1.15. The Morgan fingerprint density at radius 3 is 3.07 bits per heavy atom. The van der Waals surface area contributed by atoms with Crippen molar-refractivity contribution >= 4 is 35.3 Å². The molecule has 0 fully saturated rings. The molecular formula is C13H8S2. The van der Waals surface area contributed by atoms with E-state index in [1.807, 2.05) is 23.1 Å². The van der Waals surface area contributed by atoms with Gasteiger partial charge in [-0.25, -0.2) is 0 Å². The molecule has 0 spiro atoms. The van der Waals surface area contributed by atoms with Crippen molar-refractivity contribution in [2.75, 3.05) is 5.75 Å². The lowest BCUT2D eigenvalue weighted by Crippen LogP contribution is -1.98. The minimum Gasteiger partial charge on any atom is -0.134 e. The maximum atomic E-state index is 2.35. The monoisotopic (exact) mass is 228 g/mol. The van der Waals surface area contributed by atoms with Gasteiger partial charge in [-0.2, -0.15) is 0 Å². The molecule has 2 aliphatic rings. The Bertz CT molecular complexity index is 766. The van der Waals surface area contributed by atoms with E-state index < -0.39 is 0 Å². The molecule has 0 bridgehead atoms. The minimum atomic E-state index is 1.15. The molecule has 1 aliphatic heterocycles. The molecule has 4 rings (SSSR count). The lowest BCUT2D eigenvalue weighted by Gasteiger charge is -1.89. The highest BCUT2D eigenvalue weighted by atomic mass is 32.2. The Morgan fingerprint density at radius 1 is 1.13 bits per heavy atom. The van der Waals surface area contributed by atoms with Crippen molar-refractivity contribution in [3.05, 3.63) is 49.3 Å². The van der Waals surface area contributed by atoms with E-state index >= 15 is 0 Å². The van der Waals surface area contributed by atoms with E-state index in [-0.39, 0.29) is 0 Å². The molecule has 2 heterocycles. The van der Waals surface area contributed by atoms with Crippen LogP contribution >= 0.6 is 23.1 Å². The largest absolute Gasteiger partial charge is 0.134 e. The fraction of sp³-hybridized carbons (Fsp3) is 0.0769. The Balaban J connectivity index is 2.35. The molecule has 1 aromatic heterocycles. The number of rotatable bonds is 0. The standard InChI is InChI=1S/C13H8S2/c1-2-4-9-8(3-1)7-10-12(9)15-11-5-6-14-13(10)11/h1-5,7H,6H2. The summed E-state index contributed by atoms with van der Waals surface area (Å²) in [5, 5.41) is 2.80. The van der Waals surface area contributed by atoms with Crippen LogP contribution in [0.1, 0.15) is 5.56 Å². The van der Waals surface area contributed by atoms with E-state index in [2.05, 4.69) is 36.4 Å². The molecule has 0 atom stereocenters. The van der Waals surface area contributed by atoms with Crippen molar-refractivity contribution in [1.29, 1.82) is 0 Å². The van der Waals surface area contributed by atoms with Crippen LogP contribution in [0.4, 0.5) is 0 Å². The van der Waals surface area contributed by atoms with Crippen LogP contribution in [0.5, 0.6) is 0 Å². The zero-order valence-electron chi connectivity index (χ0n) is 7.99. The van der Waals surface area contributed by atoms with Crippen molar-refractivity contribution in [3.8, 4) is 0 Å². The Kier molecular flexibility index (Phi) is 1.52. The van der Waals surface area contributed by atoms with Gasteiger partial charge in [0.1, 0.15) is 0 Å². The zero-order valence-corrected chi connectivity index (χ0v) is 9.62. The number of thioether (sulfide) groups is 1. The van der Waals surface area contributed by atoms with Gasteiger partial charge < -0.3 is 0 Å². The zero-order chi connectivity index (χ0) is 9.83. The van der Waals surface area contributed by atoms with E-state index in [4.69, 9.17) is 0 Å². The van der Waals surface area contributed by atoms with E-state index in [0.717, 1.165) is 5.75 Å². The molecule has 0 nitrogen and oxygen atoms in total. The van der Waals surface area contributed by atoms with Gasteiger partial charge in [0.15, 0.2) is 0 Å². The van der Waals surface area contributed by atoms with Crippen LogP contribution in [0.25, 0.3) is 12.2 Å². The second kappa shape index (κ2) is 2.77. The quantitative estimate of drug-likeness (QED) is 0.567. The van der Waals surface area contributed by atoms with Crippen LogP contribution in [0.15, 0.2) is 29.2 Å². The van der Waals surface area contributed by atoms with E-state index in [0.29, 0.717) is 0 Å². The van der Waals surface area contributed by atoms with Crippen molar-refractivity contribution in [3.63, 3.8) is 0 Å². The summed E-state index contributed by atoms with van der Waals surface area (Å²) in [6.07, 6.45) is 4.69. The molecule has 0 amide bonds. The Labute approximate surface area is 95.3 Å². The van der Waals surface area contributed by atoms with Gasteiger partial charge in [-0.3, -0.25) is 0 Å². The molecule has 0 saturated carbocycles. The summed E-state index contributed by atoms with van der Waals surface area (Å²) < 4.78 is 2.95. The molecule has 15 heavy (non-hydrogen) atoms. The summed E-state index contributed by atoms with van der Waals surface area (Å²) in [4.78, 5) is 1.51. The van der Waals surface area contributed by atoms with Crippen LogP contribution in [-0.4, -0.2) is 5.75 Å². The first-order valence-electron chi connectivity index (χ1n) is 5.00. The average molecular weight is 228 g/mol. The molecule has 2 heteroatoms. The minimum absolute atomic E-state index is 1.15. The number of benzene rings is 1. The van der Waals surface area contributed by atoms with Crippen LogP contribution in [0.2, 0.25) is 0 Å². The molecule has 0 saturated heterocycles. The smallest absolute Gasteiger partial charge is 0.0439 e. The lowest BCUT2D eigenvalue weighted by atomic mass is 10.3. The number of thiophene rings is 1. The summed E-state index contributed by atoms with van der Waals surface area (Å²) in [7, 11) is 0. The Hall–Kier alpha value is -0.990. The third kappa shape index (κ3) is 0.985. The summed E-state index contributed by atoms with van der Waals surface area (Å²) in [6.45, 7) is 0. The van der Waals surface area contributed by atoms with Gasteiger partial charge in [-0.05, 0) is 16.5 Å². The van der Waals surface area contributed by atoms with Crippen LogP contribution in [0.3, 0.4) is 0 Å². The van der Waals surface area contributed by atoms with Gasteiger partial charge in [0, 0.05) is 25.3 Å². The summed E-state index contributed by atoms with van der Waals surface area (Å²) >= 11 is 3.92. The van der Waals surface area contributed by atoms with Gasteiger partial charge in [0.25, 0.3) is 0 Å². The normalized spacial score (nSPS) is 15.2. The van der Waals surface area contributed by atoms with E-state index in [9.17, 15) is 0 Å². The van der Waals surface area contributed by atoms with E-state index in [1.54, 1.807) is 0 Å². The molecule has 72 valence electrons. The summed E-state index contributed by atoms with van der Waals surface area (Å²) in [5.41, 5.74) is 1.47. The third-order valence-electron chi connectivity index (χ3n) is 2.93. The first-order valence-corrected chi connectivity index (χ1v) is 6.80. The molecule has 0 N–H and O–H groups in total. The number of hydrogen-bond donors (Lipinski definition) is 0. The van der Waals surface area contributed by atoms with Gasteiger partial charge in [-0.15, -0.1) is 23.1 Å². The molecule has 1 aromatic carbocycles. The van der Waals surface area contributed by atoms with Crippen LogP contribution in [0, 0.1) is 9.75 Å². The van der Waals surface area contributed by atoms with Gasteiger partial charge >= 0.3 is 0 Å². The van der Waals surface area contributed by atoms with Gasteiger partial charge in [0.2, 0.25) is 0 Å². The van der Waals surface area contributed by atoms with Crippen molar-refractivity contribution < 1.29 is 0 Å². The predicted molar refractivity (Wildman–Crippen MR) is 66.4 cm³/mol. The Morgan fingerprint density at radius 2 is 2.07 bits per heavy atom. The van der Waals surface area contributed by atoms with Crippen LogP contribution < -0.4 is 9.75 Å². The van der Waals surface area contributed by atoms with Crippen LogP contribution in [-0.2, 0) is 0 Å². The van der Waals surface area contributed by atoms with Crippen molar-refractivity contribution in [1.82, 2.24) is 0 Å². The predicted octanol–water partition coefficient (Wildman–Crippen LogP) is 2.06. The topological polar surface area (TPSA) is 0 Å². The highest BCUT2D eigenvalue weighted by Crippen LogP contribution is 2.29. The second-order valence-corrected chi connectivity index (χ2v) is 5.87. The lowest BCUT2D eigenvalue weighted by molar-refractivity contribution is 1.49. The molecule has 0 unspecified atom stereocenters. The third-order valence-corrected chi connectivity index (χ3v) is 5.35. The maximum absolute atomic E-state index is 2.35. The van der Waals surface area contributed by atoms with Crippen molar-refractivity contribution in [2.24, 2.45) is 0 Å². The highest BCUT2D eigenvalue weighted by molar-refractivity contribution is 8.00. The van der Waals surface area contributed by atoms with Gasteiger partial charge in [-0.1, -0.05) is 30.3 Å². The SMILES string of the molecule is C1=c2sc3c(c2SC1)C=c1ccccc1=3. The summed E-state index contributed by atoms with van der Waals surface area (Å²) in [6, 6.07) is 8.68. The first-order chi connectivity index (χ1) is 7.43. The first kappa shape index (κ1) is 8.20. The van der Waals surface area contributed by atoms with E-state index in [1.165, 1.54) is 30.0 Å². The number of hydrogen-bond acceptors (Lipinski definition) is 2.